The van der Waals surface area contributed by atoms with E-state index in [2.05, 4.69) is 5.32 Å². The number of nitrogens with zero attached hydrogens (tertiary/aromatic N) is 2. The van der Waals surface area contributed by atoms with Gasteiger partial charge in [-0.25, -0.2) is 4.79 Å². The van der Waals surface area contributed by atoms with E-state index in [0.717, 1.165) is 37.8 Å². The van der Waals surface area contributed by atoms with E-state index in [1.54, 1.807) is 6.07 Å². The van der Waals surface area contributed by atoms with Crippen LogP contribution in [0.2, 0.25) is 0 Å². The number of hydrogen-bond donors (Lipinski definition) is 1. The molecule has 2 heterocycles. The van der Waals surface area contributed by atoms with Gasteiger partial charge in [-0.1, -0.05) is 0 Å². The monoisotopic (exact) mass is 345 g/mol. The molecular weight excluding hydrogens is 318 g/mol. The quantitative estimate of drug-likeness (QED) is 0.862. The lowest BCUT2D eigenvalue weighted by Crippen LogP contribution is -2.51. The van der Waals surface area contributed by atoms with Gasteiger partial charge in [0.1, 0.15) is 6.26 Å². The molecule has 2 saturated carbocycles. The SMILES string of the molecule is O=C(NC1CCN(C(=O)c2ccoc2)CC1)N(CC1CC1)CC1CC1. The largest absolute Gasteiger partial charge is 0.472 e. The zero-order valence-electron chi connectivity index (χ0n) is 14.7. The second-order valence-electron chi connectivity index (χ2n) is 7.82. The van der Waals surface area contributed by atoms with Crippen LogP contribution in [0.3, 0.4) is 0 Å². The van der Waals surface area contributed by atoms with Crippen molar-refractivity contribution in [1.29, 1.82) is 0 Å². The van der Waals surface area contributed by atoms with Gasteiger partial charge in [0, 0.05) is 32.2 Å². The van der Waals surface area contributed by atoms with Crippen LogP contribution in [0.5, 0.6) is 0 Å². The fourth-order valence-electron chi connectivity index (χ4n) is 3.53. The molecule has 0 unspecified atom stereocenters. The second-order valence-corrected chi connectivity index (χ2v) is 7.82. The molecule has 0 atom stereocenters. The molecule has 0 aromatic carbocycles. The predicted molar refractivity (Wildman–Crippen MR) is 93.2 cm³/mol. The van der Waals surface area contributed by atoms with Crippen LogP contribution in [0.4, 0.5) is 4.79 Å². The van der Waals surface area contributed by atoms with Crippen LogP contribution in [-0.4, -0.2) is 54.0 Å². The van der Waals surface area contributed by atoms with E-state index in [-0.39, 0.29) is 18.0 Å². The van der Waals surface area contributed by atoms with E-state index >= 15 is 0 Å². The summed E-state index contributed by atoms with van der Waals surface area (Å²) in [5, 5.41) is 3.21. The van der Waals surface area contributed by atoms with Gasteiger partial charge >= 0.3 is 6.03 Å². The number of piperidine rings is 1. The minimum absolute atomic E-state index is 0.0163. The van der Waals surface area contributed by atoms with E-state index in [1.807, 2.05) is 9.80 Å². The molecule has 0 spiro atoms. The van der Waals surface area contributed by atoms with E-state index < -0.39 is 0 Å². The number of furan rings is 1. The molecular formula is C19H27N3O3. The number of rotatable bonds is 6. The molecule has 1 aliphatic heterocycles. The Balaban J connectivity index is 1.25. The van der Waals surface area contributed by atoms with Gasteiger partial charge < -0.3 is 19.5 Å². The normalized spacial score (nSPS) is 21.2. The average Bonchev–Trinajstić information content (AvgIpc) is 3.55. The van der Waals surface area contributed by atoms with Gasteiger partial charge in [0.15, 0.2) is 0 Å². The first-order chi connectivity index (χ1) is 12.2. The number of hydrogen-bond acceptors (Lipinski definition) is 3. The lowest BCUT2D eigenvalue weighted by molar-refractivity contribution is 0.0705. The zero-order chi connectivity index (χ0) is 17.2. The molecule has 1 aromatic rings. The Hall–Kier alpha value is -1.98. The molecule has 0 radical (unpaired) electrons. The van der Waals surface area contributed by atoms with Gasteiger partial charge in [-0.15, -0.1) is 0 Å². The van der Waals surface area contributed by atoms with E-state index in [9.17, 15) is 9.59 Å². The first kappa shape index (κ1) is 16.5. The second kappa shape index (κ2) is 7.10. The zero-order valence-corrected chi connectivity index (χ0v) is 14.7. The van der Waals surface area contributed by atoms with Crippen molar-refractivity contribution in [3.63, 3.8) is 0 Å². The minimum Gasteiger partial charge on any atom is -0.472 e. The first-order valence-electron chi connectivity index (χ1n) is 9.56. The summed E-state index contributed by atoms with van der Waals surface area (Å²) < 4.78 is 4.99. The number of nitrogens with one attached hydrogen (secondary N) is 1. The third-order valence-corrected chi connectivity index (χ3v) is 5.52. The Labute approximate surface area is 148 Å². The molecule has 6 nitrogen and oxygen atoms in total. The number of urea groups is 1. The number of carbonyl (C=O) groups excluding carboxylic acids is 2. The summed E-state index contributed by atoms with van der Waals surface area (Å²) in [4.78, 5) is 28.9. The van der Waals surface area contributed by atoms with Crippen LogP contribution in [0.15, 0.2) is 23.0 Å². The minimum atomic E-state index is 0.0163. The third-order valence-electron chi connectivity index (χ3n) is 5.52. The van der Waals surface area contributed by atoms with Gasteiger partial charge in [0.25, 0.3) is 5.91 Å². The van der Waals surface area contributed by atoms with Crippen molar-refractivity contribution in [3.8, 4) is 0 Å². The summed E-state index contributed by atoms with van der Waals surface area (Å²) >= 11 is 0. The van der Waals surface area contributed by atoms with Crippen LogP contribution < -0.4 is 5.32 Å². The van der Waals surface area contributed by atoms with Crippen molar-refractivity contribution in [3.05, 3.63) is 24.2 Å². The maximum absolute atomic E-state index is 12.7. The molecule has 136 valence electrons. The molecule has 1 aromatic heterocycles. The number of amides is 3. The van der Waals surface area contributed by atoms with E-state index in [0.29, 0.717) is 18.7 Å². The van der Waals surface area contributed by atoms with Crippen molar-refractivity contribution in [2.45, 2.75) is 44.6 Å². The Kier molecular flexibility index (Phi) is 4.68. The van der Waals surface area contributed by atoms with E-state index in [1.165, 1.54) is 38.2 Å². The molecule has 25 heavy (non-hydrogen) atoms. The molecule has 1 saturated heterocycles. The molecule has 3 fully saturated rings. The van der Waals surface area contributed by atoms with Gasteiger partial charge in [-0.2, -0.15) is 0 Å². The highest BCUT2D eigenvalue weighted by Gasteiger charge is 2.33. The maximum Gasteiger partial charge on any atom is 0.317 e. The highest BCUT2D eigenvalue weighted by molar-refractivity contribution is 5.93. The smallest absolute Gasteiger partial charge is 0.317 e. The summed E-state index contributed by atoms with van der Waals surface area (Å²) in [5.74, 6) is 1.46. The average molecular weight is 345 g/mol. The first-order valence-corrected chi connectivity index (χ1v) is 9.56. The highest BCUT2D eigenvalue weighted by Crippen LogP contribution is 2.33. The van der Waals surface area contributed by atoms with Crippen molar-refractivity contribution >= 4 is 11.9 Å². The fourth-order valence-corrected chi connectivity index (χ4v) is 3.53. The molecule has 1 N–H and O–H groups in total. The van der Waals surface area contributed by atoms with Crippen molar-refractivity contribution in [2.24, 2.45) is 11.8 Å². The number of carbonyl (C=O) groups is 2. The van der Waals surface area contributed by atoms with Crippen LogP contribution in [0.25, 0.3) is 0 Å². The Bertz CT molecular complexity index is 585. The lowest BCUT2D eigenvalue weighted by atomic mass is 10.0. The summed E-state index contributed by atoms with van der Waals surface area (Å²) in [6, 6.07) is 1.96. The summed E-state index contributed by atoms with van der Waals surface area (Å²) in [6.45, 7) is 3.20. The molecule has 0 bridgehead atoms. The van der Waals surface area contributed by atoms with E-state index in [4.69, 9.17) is 4.42 Å². The Morgan fingerprint density at radius 1 is 1.08 bits per heavy atom. The lowest BCUT2D eigenvalue weighted by Gasteiger charge is -2.33. The topological polar surface area (TPSA) is 65.8 Å². The Morgan fingerprint density at radius 2 is 1.72 bits per heavy atom. The molecule has 2 aliphatic carbocycles. The van der Waals surface area contributed by atoms with Crippen LogP contribution in [-0.2, 0) is 0 Å². The maximum atomic E-state index is 12.7. The van der Waals surface area contributed by atoms with Crippen molar-refractivity contribution in [2.75, 3.05) is 26.2 Å². The highest BCUT2D eigenvalue weighted by atomic mass is 16.3. The van der Waals surface area contributed by atoms with Gasteiger partial charge in [0.05, 0.1) is 11.8 Å². The fraction of sp³-hybridized carbons (Fsp3) is 0.684. The molecule has 4 rings (SSSR count). The molecule has 3 amide bonds. The van der Waals surface area contributed by atoms with Crippen LogP contribution in [0, 0.1) is 11.8 Å². The molecule has 6 heteroatoms. The molecule has 3 aliphatic rings. The summed E-state index contributed by atoms with van der Waals surface area (Å²) in [5.41, 5.74) is 0.600. The third kappa shape index (κ3) is 4.35. The van der Waals surface area contributed by atoms with Crippen LogP contribution >= 0.6 is 0 Å². The predicted octanol–water partition coefficient (Wildman–Crippen LogP) is 2.72. The summed E-state index contributed by atoms with van der Waals surface area (Å²) in [7, 11) is 0. The Morgan fingerprint density at radius 3 is 2.24 bits per heavy atom. The standard InChI is InChI=1S/C19H27N3O3/c23-18(16-7-10-25-13-16)21-8-5-17(6-9-21)20-19(24)22(11-14-1-2-14)12-15-3-4-15/h7,10,13-15,17H,1-6,8-9,11-12H2,(H,20,24). The van der Waals surface area contributed by atoms with Crippen LogP contribution in [0.1, 0.15) is 48.9 Å². The van der Waals surface area contributed by atoms with Gasteiger partial charge in [0.2, 0.25) is 0 Å². The number of likely N-dealkylation sites (tertiary alicyclic amines) is 1. The van der Waals surface area contributed by atoms with Gasteiger partial charge in [-0.05, 0) is 56.4 Å². The van der Waals surface area contributed by atoms with Gasteiger partial charge in [-0.3, -0.25) is 4.79 Å². The van der Waals surface area contributed by atoms with Crippen molar-refractivity contribution < 1.29 is 14.0 Å². The summed E-state index contributed by atoms with van der Waals surface area (Å²) in [6.07, 6.45) is 9.71. The van der Waals surface area contributed by atoms with Crippen molar-refractivity contribution in [1.82, 2.24) is 15.1 Å².